The average molecular weight is 295 g/mol. The molecule has 1 aliphatic carbocycles. The molecule has 1 aromatic heterocycles. The van der Waals surface area contributed by atoms with Crippen molar-refractivity contribution >= 4 is 29.1 Å². The summed E-state index contributed by atoms with van der Waals surface area (Å²) in [7, 11) is 0. The van der Waals surface area contributed by atoms with Crippen molar-refractivity contribution in [1.82, 2.24) is 15.6 Å². The number of rotatable bonds is 6. The first-order valence-corrected chi connectivity index (χ1v) is 8.43. The molecule has 0 spiro atoms. The first kappa shape index (κ1) is 14.6. The largest absolute Gasteiger partial charge is 0.362 e. The molecule has 19 heavy (non-hydrogen) atoms. The van der Waals surface area contributed by atoms with Crippen molar-refractivity contribution < 1.29 is 0 Å². The summed E-state index contributed by atoms with van der Waals surface area (Å²) in [5.41, 5.74) is 1.14. The summed E-state index contributed by atoms with van der Waals surface area (Å²) in [6.45, 7) is 0.913. The van der Waals surface area contributed by atoms with Crippen LogP contribution >= 0.6 is 24.0 Å². The van der Waals surface area contributed by atoms with Crippen LogP contribution < -0.4 is 10.6 Å². The molecule has 0 bridgehead atoms. The Kier molecular flexibility index (Phi) is 6.44. The van der Waals surface area contributed by atoms with Crippen LogP contribution in [0, 0.1) is 0 Å². The Morgan fingerprint density at radius 3 is 2.95 bits per heavy atom. The highest BCUT2D eigenvalue weighted by atomic mass is 32.2. The van der Waals surface area contributed by atoms with Gasteiger partial charge in [0.25, 0.3) is 0 Å². The number of thiocarbonyl (C=S) groups is 1. The maximum absolute atomic E-state index is 5.29. The number of thioether (sulfide) groups is 1. The first-order valence-electron chi connectivity index (χ1n) is 6.86. The molecule has 104 valence electrons. The van der Waals surface area contributed by atoms with Gasteiger partial charge < -0.3 is 10.6 Å². The second-order valence-corrected chi connectivity index (χ2v) is 6.27. The third-order valence-corrected chi connectivity index (χ3v) is 4.45. The molecule has 0 amide bonds. The molecule has 0 aliphatic heterocycles. The van der Waals surface area contributed by atoms with Gasteiger partial charge in [0, 0.05) is 30.3 Å². The van der Waals surface area contributed by atoms with Crippen LogP contribution in [0.3, 0.4) is 0 Å². The molecule has 1 saturated carbocycles. The lowest BCUT2D eigenvalue weighted by molar-refractivity contribution is 0.623. The van der Waals surface area contributed by atoms with Crippen molar-refractivity contribution in [2.24, 2.45) is 0 Å². The van der Waals surface area contributed by atoms with E-state index in [1.165, 1.54) is 25.7 Å². The highest BCUT2D eigenvalue weighted by Gasteiger charge is 2.14. The summed E-state index contributed by atoms with van der Waals surface area (Å²) >= 11 is 7.17. The predicted octanol–water partition coefficient (Wildman–Crippen LogP) is 2.72. The van der Waals surface area contributed by atoms with E-state index >= 15 is 0 Å². The van der Waals surface area contributed by atoms with E-state index in [-0.39, 0.29) is 0 Å². The number of aromatic nitrogens is 1. The van der Waals surface area contributed by atoms with Crippen LogP contribution in [-0.2, 0) is 5.75 Å². The zero-order valence-corrected chi connectivity index (χ0v) is 12.7. The highest BCUT2D eigenvalue weighted by molar-refractivity contribution is 7.98. The summed E-state index contributed by atoms with van der Waals surface area (Å²) in [5.74, 6) is 2.01. The number of pyridine rings is 1. The molecule has 3 nitrogen and oxygen atoms in total. The number of nitrogens with one attached hydrogen (secondary N) is 2. The molecule has 1 aliphatic rings. The lowest BCUT2D eigenvalue weighted by atomic mass is 10.3. The SMILES string of the molecule is S=C(NCCSCc1ccccn1)NC1CCCC1. The van der Waals surface area contributed by atoms with Crippen LogP contribution in [0.25, 0.3) is 0 Å². The van der Waals surface area contributed by atoms with E-state index in [1.54, 1.807) is 0 Å². The Hall–Kier alpha value is -0.810. The summed E-state index contributed by atoms with van der Waals surface area (Å²) in [5, 5.41) is 7.47. The lowest BCUT2D eigenvalue weighted by Gasteiger charge is -2.15. The normalized spacial score (nSPS) is 15.4. The lowest BCUT2D eigenvalue weighted by Crippen LogP contribution is -2.41. The van der Waals surface area contributed by atoms with Crippen LogP contribution in [-0.4, -0.2) is 28.4 Å². The summed E-state index contributed by atoms with van der Waals surface area (Å²) < 4.78 is 0. The average Bonchev–Trinajstić information content (AvgIpc) is 2.92. The van der Waals surface area contributed by atoms with Crippen LogP contribution in [0.15, 0.2) is 24.4 Å². The van der Waals surface area contributed by atoms with E-state index in [2.05, 4.69) is 21.7 Å². The van der Waals surface area contributed by atoms with Gasteiger partial charge in [-0.1, -0.05) is 18.9 Å². The third kappa shape index (κ3) is 5.78. The Labute approximate surface area is 125 Å². The molecular formula is C14H21N3S2. The minimum absolute atomic E-state index is 0.598. The van der Waals surface area contributed by atoms with Crippen molar-refractivity contribution in [2.45, 2.75) is 37.5 Å². The van der Waals surface area contributed by atoms with Gasteiger partial charge in [-0.15, -0.1) is 0 Å². The van der Waals surface area contributed by atoms with E-state index in [4.69, 9.17) is 12.2 Å². The molecule has 0 saturated heterocycles. The van der Waals surface area contributed by atoms with Crippen molar-refractivity contribution in [3.05, 3.63) is 30.1 Å². The van der Waals surface area contributed by atoms with Gasteiger partial charge >= 0.3 is 0 Å². The maximum atomic E-state index is 5.29. The standard InChI is InChI=1S/C14H21N3S2/c18-14(17-12-5-1-2-6-12)16-9-10-19-11-13-7-3-4-8-15-13/h3-4,7-8,12H,1-2,5-6,9-11H2,(H2,16,17,18). The van der Waals surface area contributed by atoms with E-state index < -0.39 is 0 Å². The molecule has 0 atom stereocenters. The molecule has 0 radical (unpaired) electrons. The summed E-state index contributed by atoms with van der Waals surface area (Å²) in [6.07, 6.45) is 7.03. The zero-order chi connectivity index (χ0) is 13.3. The van der Waals surface area contributed by atoms with E-state index in [1.807, 2.05) is 30.1 Å². The fourth-order valence-electron chi connectivity index (χ4n) is 2.20. The van der Waals surface area contributed by atoms with Crippen molar-refractivity contribution in [3.8, 4) is 0 Å². The molecule has 1 fully saturated rings. The molecule has 1 aromatic rings. The van der Waals surface area contributed by atoms with Gasteiger partial charge in [-0.25, -0.2) is 0 Å². The van der Waals surface area contributed by atoms with E-state index in [9.17, 15) is 0 Å². The maximum Gasteiger partial charge on any atom is 0.166 e. The smallest absolute Gasteiger partial charge is 0.166 e. The van der Waals surface area contributed by atoms with Gasteiger partial charge in [-0.05, 0) is 37.2 Å². The quantitative estimate of drug-likeness (QED) is 0.623. The molecular weight excluding hydrogens is 274 g/mol. The molecule has 2 N–H and O–H groups in total. The fourth-order valence-corrected chi connectivity index (χ4v) is 3.24. The Morgan fingerprint density at radius 2 is 2.21 bits per heavy atom. The topological polar surface area (TPSA) is 37.0 Å². The Bertz CT molecular complexity index is 378. The summed E-state index contributed by atoms with van der Waals surface area (Å²) in [6, 6.07) is 6.64. The van der Waals surface area contributed by atoms with E-state index in [0.29, 0.717) is 6.04 Å². The van der Waals surface area contributed by atoms with Gasteiger partial charge in [0.15, 0.2) is 5.11 Å². The van der Waals surface area contributed by atoms with Crippen LogP contribution in [0.5, 0.6) is 0 Å². The van der Waals surface area contributed by atoms with Gasteiger partial charge in [0.2, 0.25) is 0 Å². The Morgan fingerprint density at radius 1 is 1.37 bits per heavy atom. The summed E-state index contributed by atoms with van der Waals surface area (Å²) in [4.78, 5) is 4.30. The van der Waals surface area contributed by atoms with Crippen LogP contribution in [0.1, 0.15) is 31.4 Å². The van der Waals surface area contributed by atoms with Gasteiger partial charge in [0.1, 0.15) is 0 Å². The molecule has 1 heterocycles. The van der Waals surface area contributed by atoms with Gasteiger partial charge in [-0.2, -0.15) is 11.8 Å². The minimum atomic E-state index is 0.598. The second kappa shape index (κ2) is 8.38. The first-order chi connectivity index (χ1) is 9.34. The van der Waals surface area contributed by atoms with Gasteiger partial charge in [-0.3, -0.25) is 4.98 Å². The monoisotopic (exact) mass is 295 g/mol. The Balaban J connectivity index is 1.50. The second-order valence-electron chi connectivity index (χ2n) is 4.76. The molecule has 0 unspecified atom stereocenters. The number of hydrogen-bond donors (Lipinski definition) is 2. The third-order valence-electron chi connectivity index (χ3n) is 3.20. The van der Waals surface area contributed by atoms with Crippen LogP contribution in [0.4, 0.5) is 0 Å². The van der Waals surface area contributed by atoms with Crippen molar-refractivity contribution in [3.63, 3.8) is 0 Å². The van der Waals surface area contributed by atoms with Crippen molar-refractivity contribution in [1.29, 1.82) is 0 Å². The predicted molar refractivity (Wildman–Crippen MR) is 86.4 cm³/mol. The fraction of sp³-hybridized carbons (Fsp3) is 0.571. The van der Waals surface area contributed by atoms with Crippen LogP contribution in [0.2, 0.25) is 0 Å². The molecule has 2 rings (SSSR count). The number of hydrogen-bond acceptors (Lipinski definition) is 3. The zero-order valence-electron chi connectivity index (χ0n) is 11.1. The molecule has 0 aromatic carbocycles. The minimum Gasteiger partial charge on any atom is -0.362 e. The van der Waals surface area contributed by atoms with Gasteiger partial charge in [0.05, 0.1) is 5.69 Å². The molecule has 5 heteroatoms. The number of nitrogens with zero attached hydrogens (tertiary/aromatic N) is 1. The van der Waals surface area contributed by atoms with E-state index in [0.717, 1.165) is 28.9 Å². The van der Waals surface area contributed by atoms with Crippen molar-refractivity contribution in [2.75, 3.05) is 12.3 Å². The highest BCUT2D eigenvalue weighted by Crippen LogP contribution is 2.17.